The number of hydrogen-bond donors (Lipinski definition) is 1. The molecule has 1 fully saturated rings. The van der Waals surface area contributed by atoms with E-state index in [2.05, 4.69) is 24.4 Å². The first kappa shape index (κ1) is 7.35. The van der Waals surface area contributed by atoms with Gasteiger partial charge in [-0.3, -0.25) is 0 Å². The lowest BCUT2D eigenvalue weighted by Gasteiger charge is -2.18. The highest BCUT2D eigenvalue weighted by molar-refractivity contribution is 4.99. The van der Waals surface area contributed by atoms with E-state index in [1.165, 1.54) is 25.7 Å². The standard InChI is InChI=1S/C10H17N/c1-8-4-2-3-5-10(11-8)9-6-7-9/h2,4,8-11H,3,5-7H2,1H3. The molecule has 0 saturated heterocycles. The smallest absolute Gasteiger partial charge is 0.0224 e. The lowest BCUT2D eigenvalue weighted by Crippen LogP contribution is -2.35. The quantitative estimate of drug-likeness (QED) is 0.566. The molecule has 0 bridgehead atoms. The van der Waals surface area contributed by atoms with Gasteiger partial charge in [-0.15, -0.1) is 0 Å². The van der Waals surface area contributed by atoms with Crippen molar-refractivity contribution in [2.45, 2.75) is 44.7 Å². The minimum absolute atomic E-state index is 0.600. The summed E-state index contributed by atoms with van der Waals surface area (Å²) in [5.74, 6) is 1.01. The van der Waals surface area contributed by atoms with Gasteiger partial charge in [0.05, 0.1) is 0 Å². The predicted molar refractivity (Wildman–Crippen MR) is 47.5 cm³/mol. The van der Waals surface area contributed by atoms with E-state index in [0.29, 0.717) is 6.04 Å². The van der Waals surface area contributed by atoms with E-state index in [-0.39, 0.29) is 0 Å². The van der Waals surface area contributed by atoms with E-state index in [1.54, 1.807) is 0 Å². The highest BCUT2D eigenvalue weighted by Crippen LogP contribution is 2.35. The zero-order valence-electron chi connectivity index (χ0n) is 7.22. The van der Waals surface area contributed by atoms with Crippen LogP contribution in [0, 0.1) is 5.92 Å². The Morgan fingerprint density at radius 1 is 1.27 bits per heavy atom. The Labute approximate surface area is 68.9 Å². The molecule has 0 spiro atoms. The summed E-state index contributed by atoms with van der Waals surface area (Å²) in [5, 5.41) is 3.65. The van der Waals surface area contributed by atoms with Crippen LogP contribution < -0.4 is 5.32 Å². The second-order valence-electron chi connectivity index (χ2n) is 3.90. The molecule has 0 aromatic carbocycles. The number of allylic oxidation sites excluding steroid dienone is 1. The van der Waals surface area contributed by atoms with Crippen molar-refractivity contribution in [3.63, 3.8) is 0 Å². The van der Waals surface area contributed by atoms with Crippen LogP contribution in [0.5, 0.6) is 0 Å². The van der Waals surface area contributed by atoms with Crippen LogP contribution in [0.4, 0.5) is 0 Å². The Balaban J connectivity index is 1.91. The Bertz CT molecular complexity index is 158. The van der Waals surface area contributed by atoms with E-state index in [1.807, 2.05) is 0 Å². The van der Waals surface area contributed by atoms with Crippen LogP contribution >= 0.6 is 0 Å². The lowest BCUT2D eigenvalue weighted by molar-refractivity contribution is 0.428. The van der Waals surface area contributed by atoms with Gasteiger partial charge in [-0.25, -0.2) is 0 Å². The monoisotopic (exact) mass is 151 g/mol. The van der Waals surface area contributed by atoms with Crippen molar-refractivity contribution in [2.24, 2.45) is 5.92 Å². The van der Waals surface area contributed by atoms with Crippen molar-refractivity contribution >= 4 is 0 Å². The van der Waals surface area contributed by atoms with Gasteiger partial charge >= 0.3 is 0 Å². The molecule has 62 valence electrons. The molecule has 0 amide bonds. The van der Waals surface area contributed by atoms with Gasteiger partial charge in [-0.2, -0.15) is 0 Å². The molecule has 2 aliphatic rings. The zero-order chi connectivity index (χ0) is 7.68. The molecular weight excluding hydrogens is 134 g/mol. The summed E-state index contributed by atoms with van der Waals surface area (Å²) in [6.45, 7) is 2.25. The maximum atomic E-state index is 3.65. The largest absolute Gasteiger partial charge is 0.308 e. The summed E-state index contributed by atoms with van der Waals surface area (Å²) >= 11 is 0. The van der Waals surface area contributed by atoms with Crippen LogP contribution in [-0.4, -0.2) is 12.1 Å². The Morgan fingerprint density at radius 3 is 2.82 bits per heavy atom. The second-order valence-corrected chi connectivity index (χ2v) is 3.90. The highest BCUT2D eigenvalue weighted by Gasteiger charge is 2.31. The van der Waals surface area contributed by atoms with Crippen molar-refractivity contribution in [1.29, 1.82) is 0 Å². The van der Waals surface area contributed by atoms with Crippen molar-refractivity contribution in [3.05, 3.63) is 12.2 Å². The summed E-state index contributed by atoms with van der Waals surface area (Å²) in [6, 6.07) is 1.42. The van der Waals surface area contributed by atoms with Crippen LogP contribution in [0.1, 0.15) is 32.6 Å². The van der Waals surface area contributed by atoms with Crippen LogP contribution in [-0.2, 0) is 0 Å². The molecule has 1 heterocycles. The fourth-order valence-electron chi connectivity index (χ4n) is 1.92. The fraction of sp³-hybridized carbons (Fsp3) is 0.800. The minimum atomic E-state index is 0.600. The van der Waals surface area contributed by atoms with Gasteiger partial charge in [0.2, 0.25) is 0 Å². The molecular formula is C10H17N. The minimum Gasteiger partial charge on any atom is -0.308 e. The maximum absolute atomic E-state index is 3.65. The molecule has 1 aliphatic carbocycles. The van der Waals surface area contributed by atoms with E-state index in [0.717, 1.165) is 12.0 Å². The summed E-state index contributed by atoms with van der Waals surface area (Å²) in [4.78, 5) is 0. The van der Waals surface area contributed by atoms with Crippen LogP contribution in [0.3, 0.4) is 0 Å². The van der Waals surface area contributed by atoms with Crippen molar-refractivity contribution in [3.8, 4) is 0 Å². The fourth-order valence-corrected chi connectivity index (χ4v) is 1.92. The number of rotatable bonds is 1. The Hall–Kier alpha value is -0.300. The van der Waals surface area contributed by atoms with Crippen LogP contribution in [0.2, 0.25) is 0 Å². The number of nitrogens with one attached hydrogen (secondary N) is 1. The summed E-state index contributed by atoms with van der Waals surface area (Å²) in [5.41, 5.74) is 0. The lowest BCUT2D eigenvalue weighted by atomic mass is 10.1. The van der Waals surface area contributed by atoms with Gasteiger partial charge in [-0.1, -0.05) is 12.2 Å². The number of hydrogen-bond acceptors (Lipinski definition) is 1. The first-order chi connectivity index (χ1) is 5.36. The van der Waals surface area contributed by atoms with E-state index in [9.17, 15) is 0 Å². The van der Waals surface area contributed by atoms with Crippen molar-refractivity contribution in [1.82, 2.24) is 5.32 Å². The average molecular weight is 151 g/mol. The molecule has 1 aliphatic heterocycles. The Kier molecular flexibility index (Phi) is 1.99. The van der Waals surface area contributed by atoms with Gasteiger partial charge in [-0.05, 0) is 38.5 Å². The molecule has 11 heavy (non-hydrogen) atoms. The highest BCUT2D eigenvalue weighted by atomic mass is 15.0. The molecule has 0 radical (unpaired) electrons. The third-order valence-electron chi connectivity index (χ3n) is 2.74. The zero-order valence-corrected chi connectivity index (χ0v) is 7.22. The Morgan fingerprint density at radius 2 is 2.09 bits per heavy atom. The molecule has 0 aromatic rings. The van der Waals surface area contributed by atoms with E-state index >= 15 is 0 Å². The molecule has 1 heteroatoms. The third kappa shape index (κ3) is 1.84. The molecule has 2 rings (SSSR count). The molecule has 1 nitrogen and oxygen atoms in total. The van der Waals surface area contributed by atoms with Crippen LogP contribution in [0.15, 0.2) is 12.2 Å². The molecule has 2 unspecified atom stereocenters. The van der Waals surface area contributed by atoms with Gasteiger partial charge in [0.15, 0.2) is 0 Å². The topological polar surface area (TPSA) is 12.0 Å². The van der Waals surface area contributed by atoms with Gasteiger partial charge in [0.1, 0.15) is 0 Å². The molecule has 1 saturated carbocycles. The normalized spacial score (nSPS) is 38.6. The first-order valence-electron chi connectivity index (χ1n) is 4.79. The molecule has 2 atom stereocenters. The molecule has 1 N–H and O–H groups in total. The van der Waals surface area contributed by atoms with Crippen molar-refractivity contribution in [2.75, 3.05) is 0 Å². The third-order valence-corrected chi connectivity index (χ3v) is 2.74. The van der Waals surface area contributed by atoms with Gasteiger partial charge < -0.3 is 5.32 Å². The second kappa shape index (κ2) is 2.98. The predicted octanol–water partition coefficient (Wildman–Crippen LogP) is 2.09. The summed E-state index contributed by atoms with van der Waals surface area (Å²) < 4.78 is 0. The van der Waals surface area contributed by atoms with E-state index in [4.69, 9.17) is 0 Å². The van der Waals surface area contributed by atoms with Gasteiger partial charge in [0.25, 0.3) is 0 Å². The SMILES string of the molecule is CC1C=CCCC(C2CC2)N1. The summed E-state index contributed by atoms with van der Waals surface area (Å²) in [7, 11) is 0. The van der Waals surface area contributed by atoms with Gasteiger partial charge in [0, 0.05) is 12.1 Å². The molecule has 0 aromatic heterocycles. The maximum Gasteiger partial charge on any atom is 0.0224 e. The van der Waals surface area contributed by atoms with E-state index < -0.39 is 0 Å². The first-order valence-corrected chi connectivity index (χ1v) is 4.79. The summed E-state index contributed by atoms with van der Waals surface area (Å²) in [6.07, 6.45) is 10.2. The average Bonchev–Trinajstić information content (AvgIpc) is 2.71. The van der Waals surface area contributed by atoms with Crippen molar-refractivity contribution < 1.29 is 0 Å². The van der Waals surface area contributed by atoms with Crippen LogP contribution in [0.25, 0.3) is 0 Å².